The van der Waals surface area contributed by atoms with Crippen molar-refractivity contribution in [2.45, 2.75) is 13.8 Å². The van der Waals surface area contributed by atoms with Gasteiger partial charge >= 0.3 is 0 Å². The first kappa shape index (κ1) is 20.2. The number of anilines is 6. The fraction of sp³-hybridized carbons (Fsp3) is 0.125. The third-order valence-corrected chi connectivity index (χ3v) is 4.54. The highest BCUT2D eigenvalue weighted by Gasteiger charge is 2.10. The predicted molar refractivity (Wildman–Crippen MR) is 125 cm³/mol. The average molecular weight is 412 g/mol. The van der Waals surface area contributed by atoms with Gasteiger partial charge in [-0.1, -0.05) is 36.4 Å². The van der Waals surface area contributed by atoms with Gasteiger partial charge in [0.15, 0.2) is 0 Å². The third-order valence-electron chi connectivity index (χ3n) is 4.54. The molecule has 0 atom stereocenters. The van der Waals surface area contributed by atoms with E-state index in [0.717, 1.165) is 28.2 Å². The number of nitrogens with one attached hydrogen (secondary N) is 3. The van der Waals surface area contributed by atoms with E-state index in [-0.39, 0.29) is 0 Å². The van der Waals surface area contributed by atoms with Crippen molar-refractivity contribution in [2.75, 3.05) is 23.1 Å². The minimum absolute atomic E-state index is 0.393. The lowest BCUT2D eigenvalue weighted by Crippen LogP contribution is -2.08. The highest BCUT2D eigenvalue weighted by Crippen LogP contribution is 2.27. The molecule has 156 valence electrons. The molecular formula is C24H24N6O. The molecule has 0 aliphatic rings. The maximum atomic E-state index is 5.43. The first-order chi connectivity index (χ1) is 15.1. The summed E-state index contributed by atoms with van der Waals surface area (Å²) in [5.41, 5.74) is 4.85. The minimum atomic E-state index is 0.393. The summed E-state index contributed by atoms with van der Waals surface area (Å²) in [5.74, 6) is 1.94. The van der Waals surface area contributed by atoms with Crippen LogP contribution in [0.2, 0.25) is 0 Å². The van der Waals surface area contributed by atoms with Crippen molar-refractivity contribution >= 4 is 34.9 Å². The summed E-state index contributed by atoms with van der Waals surface area (Å²) in [6.45, 7) is 4.08. The van der Waals surface area contributed by atoms with Crippen LogP contribution in [0, 0.1) is 13.8 Å². The number of aryl methyl sites for hydroxylation is 2. The molecule has 1 heterocycles. The molecule has 0 spiro atoms. The maximum Gasteiger partial charge on any atom is 0.233 e. The van der Waals surface area contributed by atoms with Gasteiger partial charge in [-0.3, -0.25) is 0 Å². The second-order valence-corrected chi connectivity index (χ2v) is 7.12. The summed E-state index contributed by atoms with van der Waals surface area (Å²) in [6.07, 6.45) is 0. The van der Waals surface area contributed by atoms with Crippen molar-refractivity contribution in [3.05, 3.63) is 83.9 Å². The van der Waals surface area contributed by atoms with Gasteiger partial charge in [0.05, 0.1) is 12.8 Å². The number of methoxy groups -OCH3 is 1. The van der Waals surface area contributed by atoms with Gasteiger partial charge in [-0.25, -0.2) is 0 Å². The summed E-state index contributed by atoms with van der Waals surface area (Å²) >= 11 is 0. The molecule has 7 nitrogen and oxygen atoms in total. The first-order valence-corrected chi connectivity index (χ1v) is 9.92. The molecule has 0 saturated carbocycles. The van der Waals surface area contributed by atoms with Crippen LogP contribution in [0.5, 0.6) is 5.75 Å². The van der Waals surface area contributed by atoms with Crippen LogP contribution in [0.4, 0.5) is 34.9 Å². The van der Waals surface area contributed by atoms with Crippen LogP contribution in [0.1, 0.15) is 11.1 Å². The van der Waals surface area contributed by atoms with Gasteiger partial charge in [0.1, 0.15) is 5.75 Å². The fourth-order valence-corrected chi connectivity index (χ4v) is 3.12. The average Bonchev–Trinajstić information content (AvgIpc) is 2.74. The fourth-order valence-electron chi connectivity index (χ4n) is 3.12. The second kappa shape index (κ2) is 9.13. The monoisotopic (exact) mass is 412 g/mol. The van der Waals surface area contributed by atoms with Crippen LogP contribution in [-0.4, -0.2) is 22.1 Å². The van der Waals surface area contributed by atoms with Crippen molar-refractivity contribution in [1.29, 1.82) is 0 Å². The number of para-hydroxylation sites is 2. The van der Waals surface area contributed by atoms with E-state index in [0.29, 0.717) is 23.6 Å². The molecule has 0 aliphatic carbocycles. The van der Waals surface area contributed by atoms with Crippen LogP contribution in [-0.2, 0) is 0 Å². The Bertz CT molecular complexity index is 1130. The molecule has 0 amide bonds. The van der Waals surface area contributed by atoms with Crippen LogP contribution in [0.25, 0.3) is 0 Å². The van der Waals surface area contributed by atoms with E-state index in [1.807, 2.05) is 86.6 Å². The summed E-state index contributed by atoms with van der Waals surface area (Å²) in [6, 6.07) is 23.7. The highest BCUT2D eigenvalue weighted by atomic mass is 16.5. The molecule has 0 radical (unpaired) electrons. The number of hydrogen-bond acceptors (Lipinski definition) is 7. The topological polar surface area (TPSA) is 84.0 Å². The lowest BCUT2D eigenvalue weighted by molar-refractivity contribution is 0.417. The van der Waals surface area contributed by atoms with E-state index in [4.69, 9.17) is 4.74 Å². The maximum absolute atomic E-state index is 5.43. The van der Waals surface area contributed by atoms with E-state index < -0.39 is 0 Å². The normalized spacial score (nSPS) is 10.4. The summed E-state index contributed by atoms with van der Waals surface area (Å²) in [4.78, 5) is 13.6. The van der Waals surface area contributed by atoms with Gasteiger partial charge in [-0.05, 0) is 61.4 Å². The molecule has 0 unspecified atom stereocenters. The number of hydrogen-bond donors (Lipinski definition) is 3. The molecule has 0 aliphatic heterocycles. The van der Waals surface area contributed by atoms with Gasteiger partial charge in [0, 0.05) is 11.4 Å². The van der Waals surface area contributed by atoms with Crippen LogP contribution < -0.4 is 20.7 Å². The predicted octanol–water partition coefficient (Wildman–Crippen LogP) is 5.73. The Morgan fingerprint density at radius 3 is 1.65 bits per heavy atom. The molecule has 3 N–H and O–H groups in total. The Morgan fingerprint density at radius 2 is 1.13 bits per heavy atom. The Hall–Kier alpha value is -4.13. The Morgan fingerprint density at radius 1 is 0.613 bits per heavy atom. The molecule has 31 heavy (non-hydrogen) atoms. The van der Waals surface area contributed by atoms with Crippen molar-refractivity contribution in [3.8, 4) is 5.75 Å². The molecular weight excluding hydrogens is 388 g/mol. The smallest absolute Gasteiger partial charge is 0.233 e. The molecule has 0 bridgehead atoms. The van der Waals surface area contributed by atoms with Crippen LogP contribution in [0.15, 0.2) is 72.8 Å². The quantitative estimate of drug-likeness (QED) is 0.357. The standard InChI is InChI=1S/C24H24N6O/c1-16-8-6-10-18(14-16)25-22-28-23(26-19-11-7-9-17(2)15-19)30-24(29-22)27-20-12-4-5-13-21(20)31-3/h4-15H,1-3H3,(H3,25,26,27,28,29,30). The van der Waals surface area contributed by atoms with Gasteiger partial charge < -0.3 is 20.7 Å². The Labute approximate surface area is 181 Å². The third kappa shape index (κ3) is 5.27. The molecule has 3 aromatic carbocycles. The zero-order valence-electron chi connectivity index (χ0n) is 17.7. The van der Waals surface area contributed by atoms with Crippen LogP contribution in [0.3, 0.4) is 0 Å². The summed E-state index contributed by atoms with van der Waals surface area (Å²) < 4.78 is 5.43. The lowest BCUT2D eigenvalue weighted by Gasteiger charge is -2.13. The minimum Gasteiger partial charge on any atom is -0.495 e. The van der Waals surface area contributed by atoms with Gasteiger partial charge in [0.25, 0.3) is 0 Å². The number of benzene rings is 3. The number of aromatic nitrogens is 3. The Kier molecular flexibility index (Phi) is 5.93. The molecule has 0 saturated heterocycles. The first-order valence-electron chi connectivity index (χ1n) is 9.92. The van der Waals surface area contributed by atoms with E-state index >= 15 is 0 Å². The zero-order chi connectivity index (χ0) is 21.6. The number of ether oxygens (including phenoxy) is 1. The van der Waals surface area contributed by atoms with Crippen molar-refractivity contribution in [3.63, 3.8) is 0 Å². The van der Waals surface area contributed by atoms with Gasteiger partial charge in [-0.15, -0.1) is 0 Å². The largest absolute Gasteiger partial charge is 0.495 e. The zero-order valence-corrected chi connectivity index (χ0v) is 17.7. The number of nitrogens with zero attached hydrogens (tertiary/aromatic N) is 3. The van der Waals surface area contributed by atoms with E-state index in [1.54, 1.807) is 7.11 Å². The summed E-state index contributed by atoms with van der Waals surface area (Å²) in [5, 5.41) is 9.76. The lowest BCUT2D eigenvalue weighted by atomic mass is 10.2. The molecule has 1 aromatic heterocycles. The van der Waals surface area contributed by atoms with Gasteiger partial charge in [-0.2, -0.15) is 15.0 Å². The molecule has 7 heteroatoms. The molecule has 0 fully saturated rings. The SMILES string of the molecule is COc1ccccc1Nc1nc(Nc2cccc(C)c2)nc(Nc2cccc(C)c2)n1. The second-order valence-electron chi connectivity index (χ2n) is 7.12. The molecule has 4 rings (SSSR count). The van der Waals surface area contributed by atoms with Gasteiger partial charge in [0.2, 0.25) is 17.8 Å². The Balaban J connectivity index is 1.68. The van der Waals surface area contributed by atoms with E-state index in [2.05, 4.69) is 30.9 Å². The van der Waals surface area contributed by atoms with Crippen molar-refractivity contribution in [1.82, 2.24) is 15.0 Å². The number of rotatable bonds is 7. The van der Waals surface area contributed by atoms with E-state index in [9.17, 15) is 0 Å². The highest BCUT2D eigenvalue weighted by molar-refractivity contribution is 5.65. The van der Waals surface area contributed by atoms with E-state index in [1.165, 1.54) is 0 Å². The molecule has 4 aromatic rings. The van der Waals surface area contributed by atoms with Crippen LogP contribution >= 0.6 is 0 Å². The van der Waals surface area contributed by atoms with Crippen molar-refractivity contribution < 1.29 is 4.74 Å². The summed E-state index contributed by atoms with van der Waals surface area (Å²) in [7, 11) is 1.63. The van der Waals surface area contributed by atoms with Crippen molar-refractivity contribution in [2.24, 2.45) is 0 Å².